The van der Waals surface area contributed by atoms with Gasteiger partial charge in [-0.15, -0.1) is 0 Å². The molecule has 1 aliphatic rings. The van der Waals surface area contributed by atoms with E-state index in [0.29, 0.717) is 5.41 Å². The van der Waals surface area contributed by atoms with E-state index in [1.54, 1.807) is 13.4 Å². The summed E-state index contributed by atoms with van der Waals surface area (Å²) in [5.41, 5.74) is 0.369. The Balaban J connectivity index is 1.95. The molecule has 0 aromatic carbocycles. The van der Waals surface area contributed by atoms with Crippen molar-refractivity contribution >= 4 is 0 Å². The van der Waals surface area contributed by atoms with Crippen molar-refractivity contribution in [3.8, 4) is 0 Å². The average molecular weight is 266 g/mol. The van der Waals surface area contributed by atoms with Crippen molar-refractivity contribution in [2.24, 2.45) is 5.41 Å². The zero-order valence-electron chi connectivity index (χ0n) is 12.2. The Hall–Kier alpha value is -0.940. The van der Waals surface area contributed by atoms with E-state index in [4.69, 9.17) is 4.74 Å². The molecule has 1 fully saturated rings. The van der Waals surface area contributed by atoms with Gasteiger partial charge in [0.25, 0.3) is 0 Å². The van der Waals surface area contributed by atoms with E-state index >= 15 is 0 Å². The molecule has 0 radical (unpaired) electrons. The molecule has 1 aliphatic carbocycles. The molecule has 5 heteroatoms. The van der Waals surface area contributed by atoms with Crippen LogP contribution in [0.4, 0.5) is 0 Å². The number of aromatic nitrogens is 3. The first-order valence-corrected chi connectivity index (χ1v) is 7.36. The highest BCUT2D eigenvalue weighted by Gasteiger charge is 2.34. The Labute approximate surface area is 115 Å². The van der Waals surface area contributed by atoms with Crippen molar-refractivity contribution in [2.75, 3.05) is 26.8 Å². The van der Waals surface area contributed by atoms with Gasteiger partial charge >= 0.3 is 0 Å². The van der Waals surface area contributed by atoms with Crippen molar-refractivity contribution in [2.45, 2.75) is 45.6 Å². The van der Waals surface area contributed by atoms with E-state index in [-0.39, 0.29) is 0 Å². The molecule has 0 bridgehead atoms. The first-order valence-electron chi connectivity index (χ1n) is 7.36. The standard InChI is InChI=1S/C14H26N4O/c1-3-18-13(16-12-17-18)10-14(6-4-5-7-14)11-15-8-9-19-2/h12,15H,3-11H2,1-2H3. The Morgan fingerprint density at radius 2 is 2.21 bits per heavy atom. The van der Waals surface area contributed by atoms with Gasteiger partial charge in [-0.05, 0) is 25.2 Å². The second kappa shape index (κ2) is 7.01. The molecule has 0 amide bonds. The van der Waals surface area contributed by atoms with Crippen LogP contribution in [0.2, 0.25) is 0 Å². The van der Waals surface area contributed by atoms with Gasteiger partial charge in [-0.3, -0.25) is 4.68 Å². The molecule has 1 aromatic rings. The van der Waals surface area contributed by atoms with E-state index in [9.17, 15) is 0 Å². The lowest BCUT2D eigenvalue weighted by Gasteiger charge is -2.29. The summed E-state index contributed by atoms with van der Waals surface area (Å²) in [4.78, 5) is 4.44. The van der Waals surface area contributed by atoms with Crippen molar-refractivity contribution < 1.29 is 4.74 Å². The molecule has 0 unspecified atom stereocenters. The summed E-state index contributed by atoms with van der Waals surface area (Å²) in [6, 6.07) is 0. The highest BCUT2D eigenvalue weighted by atomic mass is 16.5. The van der Waals surface area contributed by atoms with Crippen molar-refractivity contribution in [1.29, 1.82) is 0 Å². The third-order valence-corrected chi connectivity index (χ3v) is 4.18. The van der Waals surface area contributed by atoms with Crippen LogP contribution in [0.3, 0.4) is 0 Å². The summed E-state index contributed by atoms with van der Waals surface area (Å²) in [5, 5.41) is 7.82. The third kappa shape index (κ3) is 3.76. The summed E-state index contributed by atoms with van der Waals surface area (Å²) in [7, 11) is 1.75. The normalized spacial score (nSPS) is 18.0. The van der Waals surface area contributed by atoms with Gasteiger partial charge in [0.05, 0.1) is 6.61 Å². The van der Waals surface area contributed by atoms with Crippen LogP contribution in [0.5, 0.6) is 0 Å². The first kappa shape index (κ1) is 14.5. The zero-order chi connectivity index (χ0) is 13.6. The minimum absolute atomic E-state index is 0.369. The van der Waals surface area contributed by atoms with E-state index in [1.165, 1.54) is 25.7 Å². The van der Waals surface area contributed by atoms with E-state index in [0.717, 1.165) is 38.5 Å². The molecule has 0 saturated heterocycles. The van der Waals surface area contributed by atoms with E-state index in [1.807, 2.05) is 4.68 Å². The van der Waals surface area contributed by atoms with Crippen molar-refractivity contribution in [3.05, 3.63) is 12.2 Å². The monoisotopic (exact) mass is 266 g/mol. The molecule has 5 nitrogen and oxygen atoms in total. The summed E-state index contributed by atoms with van der Waals surface area (Å²) in [5.74, 6) is 1.14. The van der Waals surface area contributed by atoms with Crippen LogP contribution in [-0.2, 0) is 17.7 Å². The van der Waals surface area contributed by atoms with Gasteiger partial charge in [0.2, 0.25) is 0 Å². The smallest absolute Gasteiger partial charge is 0.138 e. The molecule has 1 heterocycles. The number of aryl methyl sites for hydroxylation is 1. The Kier molecular flexibility index (Phi) is 5.34. The highest BCUT2D eigenvalue weighted by Crippen LogP contribution is 2.40. The summed E-state index contributed by atoms with van der Waals surface area (Å²) in [6.07, 6.45) is 7.99. The van der Waals surface area contributed by atoms with Crippen LogP contribution in [0.15, 0.2) is 6.33 Å². The summed E-state index contributed by atoms with van der Waals surface area (Å²) in [6.45, 7) is 5.80. The lowest BCUT2D eigenvalue weighted by atomic mass is 9.82. The topological polar surface area (TPSA) is 52.0 Å². The highest BCUT2D eigenvalue weighted by molar-refractivity contribution is 4.97. The lowest BCUT2D eigenvalue weighted by molar-refractivity contribution is 0.189. The van der Waals surface area contributed by atoms with Gasteiger partial charge in [0.15, 0.2) is 0 Å². The molecule has 108 valence electrons. The number of hydrogen-bond donors (Lipinski definition) is 1. The minimum Gasteiger partial charge on any atom is -0.383 e. The number of nitrogens with zero attached hydrogens (tertiary/aromatic N) is 3. The van der Waals surface area contributed by atoms with E-state index in [2.05, 4.69) is 22.3 Å². The fourth-order valence-corrected chi connectivity index (χ4v) is 3.09. The first-order chi connectivity index (χ1) is 9.29. The fourth-order valence-electron chi connectivity index (χ4n) is 3.09. The third-order valence-electron chi connectivity index (χ3n) is 4.18. The fraction of sp³-hybridized carbons (Fsp3) is 0.857. The molecule has 0 aliphatic heterocycles. The Bertz CT molecular complexity index is 371. The largest absolute Gasteiger partial charge is 0.383 e. The van der Waals surface area contributed by atoms with Crippen molar-refractivity contribution in [1.82, 2.24) is 20.1 Å². The number of rotatable bonds is 8. The van der Waals surface area contributed by atoms with Gasteiger partial charge in [-0.25, -0.2) is 4.98 Å². The number of ether oxygens (including phenoxy) is 1. The van der Waals surface area contributed by atoms with Gasteiger partial charge in [-0.2, -0.15) is 5.10 Å². The van der Waals surface area contributed by atoms with Gasteiger partial charge in [0, 0.05) is 33.2 Å². The van der Waals surface area contributed by atoms with Crippen LogP contribution in [-0.4, -0.2) is 41.6 Å². The number of methoxy groups -OCH3 is 1. The maximum Gasteiger partial charge on any atom is 0.138 e. The lowest BCUT2D eigenvalue weighted by Crippen LogP contribution is -2.36. The van der Waals surface area contributed by atoms with E-state index < -0.39 is 0 Å². The van der Waals surface area contributed by atoms with Gasteiger partial charge < -0.3 is 10.1 Å². The summed E-state index contributed by atoms with van der Waals surface area (Å²) >= 11 is 0. The molecular formula is C14H26N4O. The van der Waals surface area contributed by atoms with Crippen LogP contribution in [0, 0.1) is 5.41 Å². The zero-order valence-corrected chi connectivity index (χ0v) is 12.2. The molecule has 2 rings (SSSR count). The second-order valence-corrected chi connectivity index (χ2v) is 5.55. The predicted octanol–water partition coefficient (Wildman–Crippen LogP) is 1.64. The van der Waals surface area contributed by atoms with Crippen LogP contribution < -0.4 is 5.32 Å². The molecule has 1 saturated carbocycles. The van der Waals surface area contributed by atoms with Crippen LogP contribution in [0.1, 0.15) is 38.4 Å². The molecular weight excluding hydrogens is 240 g/mol. The Morgan fingerprint density at radius 3 is 2.89 bits per heavy atom. The average Bonchev–Trinajstić information content (AvgIpc) is 3.05. The van der Waals surface area contributed by atoms with Gasteiger partial charge in [-0.1, -0.05) is 12.8 Å². The minimum atomic E-state index is 0.369. The number of hydrogen-bond acceptors (Lipinski definition) is 4. The predicted molar refractivity (Wildman–Crippen MR) is 75.0 cm³/mol. The summed E-state index contributed by atoms with van der Waals surface area (Å²) < 4.78 is 7.12. The molecule has 1 N–H and O–H groups in total. The number of nitrogens with one attached hydrogen (secondary N) is 1. The maximum atomic E-state index is 5.09. The maximum absolute atomic E-state index is 5.09. The Morgan fingerprint density at radius 1 is 1.42 bits per heavy atom. The molecule has 1 aromatic heterocycles. The SMILES string of the molecule is CCn1ncnc1CC1(CNCCOC)CCCC1. The van der Waals surface area contributed by atoms with Crippen LogP contribution in [0.25, 0.3) is 0 Å². The van der Waals surface area contributed by atoms with Gasteiger partial charge in [0.1, 0.15) is 12.2 Å². The molecule has 19 heavy (non-hydrogen) atoms. The molecule has 0 spiro atoms. The van der Waals surface area contributed by atoms with Crippen molar-refractivity contribution in [3.63, 3.8) is 0 Å². The second-order valence-electron chi connectivity index (χ2n) is 5.55. The van der Waals surface area contributed by atoms with Crippen LogP contribution >= 0.6 is 0 Å². The quantitative estimate of drug-likeness (QED) is 0.727. The molecule has 0 atom stereocenters.